The molecule has 74 valence electrons. The van der Waals surface area contributed by atoms with Crippen molar-refractivity contribution in [1.29, 1.82) is 0 Å². The van der Waals surface area contributed by atoms with Crippen LogP contribution in [0.3, 0.4) is 0 Å². The first-order valence-electron chi connectivity index (χ1n) is 4.38. The topological polar surface area (TPSA) is 38.0 Å². The van der Waals surface area contributed by atoms with Gasteiger partial charge in [-0.2, -0.15) is 0 Å². The minimum absolute atomic E-state index is 0. The third kappa shape index (κ3) is 5.39. The molecule has 0 aromatic heterocycles. The Morgan fingerprint density at radius 2 is 1.77 bits per heavy atom. The molecule has 1 aromatic rings. The number of nitrogens with two attached hydrogens (primary N) is 1. The first-order chi connectivity index (χ1) is 5.93. The van der Waals surface area contributed by atoms with Gasteiger partial charge in [0.2, 0.25) is 0 Å². The molecule has 0 fully saturated rings. The number of rotatable bonds is 5. The molecule has 2 nitrogen and oxygen atoms in total. The van der Waals surface area contributed by atoms with E-state index in [1.54, 1.807) is 0 Å². The van der Waals surface area contributed by atoms with Gasteiger partial charge in [0.05, 0.1) is 0 Å². The zero-order valence-corrected chi connectivity index (χ0v) is 7.29. The quantitative estimate of drug-likeness (QED) is 0.672. The summed E-state index contributed by atoms with van der Waals surface area (Å²) < 4.78 is 0. The van der Waals surface area contributed by atoms with Crippen molar-refractivity contribution in [2.24, 2.45) is 5.73 Å². The zero-order chi connectivity index (χ0) is 8.65. The van der Waals surface area contributed by atoms with Crippen LogP contribution in [-0.2, 0) is 6.42 Å². The smallest absolute Gasteiger partial charge is 0.00746 e. The van der Waals surface area contributed by atoms with E-state index in [2.05, 4.69) is 29.6 Å². The molecule has 0 saturated heterocycles. The van der Waals surface area contributed by atoms with E-state index >= 15 is 0 Å². The van der Waals surface area contributed by atoms with Crippen LogP contribution in [0.15, 0.2) is 30.3 Å². The maximum atomic E-state index is 5.35. The Bertz CT molecular complexity index is 197. The van der Waals surface area contributed by atoms with Crippen molar-refractivity contribution in [2.45, 2.75) is 13.8 Å². The molecule has 3 N–H and O–H groups in total. The van der Waals surface area contributed by atoms with Gasteiger partial charge in [-0.05, 0) is 18.5 Å². The van der Waals surface area contributed by atoms with E-state index in [4.69, 9.17) is 5.73 Å². The lowest BCUT2D eigenvalue weighted by Gasteiger charge is -2.02. The number of hydrogen-bond acceptors (Lipinski definition) is 2. The van der Waals surface area contributed by atoms with Crippen molar-refractivity contribution >= 4 is 0 Å². The molecule has 0 bridgehead atoms. The van der Waals surface area contributed by atoms with Crippen molar-refractivity contribution in [3.05, 3.63) is 35.9 Å². The predicted molar refractivity (Wildman–Crippen MR) is 58.8 cm³/mol. The highest BCUT2D eigenvalue weighted by atomic mass is 14.9. The van der Waals surface area contributed by atoms with Crippen LogP contribution in [0.4, 0.5) is 0 Å². The van der Waals surface area contributed by atoms with Gasteiger partial charge in [-0.25, -0.2) is 0 Å². The van der Waals surface area contributed by atoms with E-state index in [0.29, 0.717) is 0 Å². The van der Waals surface area contributed by atoms with E-state index < -0.39 is 0 Å². The summed E-state index contributed by atoms with van der Waals surface area (Å²) in [6.07, 6.45) is 1.08. The SMILES string of the molecule is C.NCCNCCc1ccccc1. The molecule has 0 heterocycles. The molecule has 0 amide bonds. The van der Waals surface area contributed by atoms with Gasteiger partial charge in [0.25, 0.3) is 0 Å². The second kappa shape index (κ2) is 7.77. The van der Waals surface area contributed by atoms with Crippen LogP contribution in [0.2, 0.25) is 0 Å². The van der Waals surface area contributed by atoms with Gasteiger partial charge in [0.1, 0.15) is 0 Å². The van der Waals surface area contributed by atoms with E-state index in [1.165, 1.54) is 5.56 Å². The minimum atomic E-state index is 0. The van der Waals surface area contributed by atoms with Gasteiger partial charge in [0.15, 0.2) is 0 Å². The fraction of sp³-hybridized carbons (Fsp3) is 0.455. The first-order valence-corrected chi connectivity index (χ1v) is 4.38. The lowest BCUT2D eigenvalue weighted by Crippen LogP contribution is -2.24. The molecule has 0 saturated carbocycles. The normalized spacial score (nSPS) is 9.31. The molecular formula is C11H20N2. The van der Waals surface area contributed by atoms with Crippen LogP contribution >= 0.6 is 0 Å². The van der Waals surface area contributed by atoms with E-state index in [-0.39, 0.29) is 7.43 Å². The maximum absolute atomic E-state index is 5.35. The molecule has 0 atom stereocenters. The molecule has 2 heteroatoms. The summed E-state index contributed by atoms with van der Waals surface area (Å²) in [7, 11) is 0. The van der Waals surface area contributed by atoms with E-state index in [9.17, 15) is 0 Å². The summed E-state index contributed by atoms with van der Waals surface area (Å²) >= 11 is 0. The fourth-order valence-electron chi connectivity index (χ4n) is 1.10. The Morgan fingerprint density at radius 1 is 1.08 bits per heavy atom. The van der Waals surface area contributed by atoms with Gasteiger partial charge >= 0.3 is 0 Å². The molecule has 0 spiro atoms. The molecule has 0 aliphatic heterocycles. The molecule has 1 rings (SSSR count). The van der Waals surface area contributed by atoms with Crippen LogP contribution in [0.25, 0.3) is 0 Å². The highest BCUT2D eigenvalue weighted by molar-refractivity contribution is 5.14. The van der Waals surface area contributed by atoms with Crippen molar-refractivity contribution in [2.75, 3.05) is 19.6 Å². The van der Waals surface area contributed by atoms with E-state index in [0.717, 1.165) is 26.1 Å². The third-order valence-corrected chi connectivity index (χ3v) is 1.75. The minimum Gasteiger partial charge on any atom is -0.329 e. The first kappa shape index (κ1) is 12.1. The van der Waals surface area contributed by atoms with Crippen LogP contribution in [0.5, 0.6) is 0 Å². The van der Waals surface area contributed by atoms with Crippen molar-refractivity contribution in [3.8, 4) is 0 Å². The molecule has 0 aliphatic carbocycles. The second-order valence-corrected chi connectivity index (χ2v) is 2.77. The molecular weight excluding hydrogens is 160 g/mol. The number of hydrogen-bond donors (Lipinski definition) is 2. The van der Waals surface area contributed by atoms with Crippen LogP contribution in [-0.4, -0.2) is 19.6 Å². The highest BCUT2D eigenvalue weighted by Gasteiger charge is 1.89. The van der Waals surface area contributed by atoms with Gasteiger partial charge < -0.3 is 11.1 Å². The molecule has 0 aliphatic rings. The predicted octanol–water partition coefficient (Wildman–Crippen LogP) is 1.41. The Kier molecular flexibility index (Phi) is 7.26. The van der Waals surface area contributed by atoms with Gasteiger partial charge in [-0.1, -0.05) is 37.8 Å². The lowest BCUT2D eigenvalue weighted by atomic mass is 10.1. The summed E-state index contributed by atoms with van der Waals surface area (Å²) in [6.45, 7) is 2.64. The average Bonchev–Trinajstić information content (AvgIpc) is 2.14. The monoisotopic (exact) mass is 180 g/mol. The Hall–Kier alpha value is -0.860. The summed E-state index contributed by atoms with van der Waals surface area (Å²) in [6, 6.07) is 10.5. The second-order valence-electron chi connectivity index (χ2n) is 2.77. The average molecular weight is 180 g/mol. The summed E-state index contributed by atoms with van der Waals surface area (Å²) in [5.41, 5.74) is 6.72. The van der Waals surface area contributed by atoms with Crippen molar-refractivity contribution < 1.29 is 0 Å². The van der Waals surface area contributed by atoms with Crippen LogP contribution in [0, 0.1) is 0 Å². The maximum Gasteiger partial charge on any atom is 0.00746 e. The summed E-state index contributed by atoms with van der Waals surface area (Å²) in [5, 5.41) is 3.26. The summed E-state index contributed by atoms with van der Waals surface area (Å²) in [5.74, 6) is 0. The lowest BCUT2D eigenvalue weighted by molar-refractivity contribution is 0.689. The van der Waals surface area contributed by atoms with Crippen LogP contribution < -0.4 is 11.1 Å². The van der Waals surface area contributed by atoms with Crippen molar-refractivity contribution in [3.63, 3.8) is 0 Å². The Morgan fingerprint density at radius 3 is 2.38 bits per heavy atom. The molecule has 0 unspecified atom stereocenters. The molecule has 1 aromatic carbocycles. The van der Waals surface area contributed by atoms with Crippen LogP contribution in [0.1, 0.15) is 13.0 Å². The van der Waals surface area contributed by atoms with Gasteiger partial charge in [-0.3, -0.25) is 0 Å². The summed E-state index contributed by atoms with van der Waals surface area (Å²) in [4.78, 5) is 0. The van der Waals surface area contributed by atoms with Crippen molar-refractivity contribution in [1.82, 2.24) is 5.32 Å². The van der Waals surface area contributed by atoms with E-state index in [1.807, 2.05) is 6.07 Å². The third-order valence-electron chi connectivity index (χ3n) is 1.75. The number of nitrogens with one attached hydrogen (secondary N) is 1. The Labute approximate surface area is 81.2 Å². The van der Waals surface area contributed by atoms with Gasteiger partial charge in [0, 0.05) is 13.1 Å². The largest absolute Gasteiger partial charge is 0.329 e. The number of benzene rings is 1. The Balaban J connectivity index is 0.00000144. The zero-order valence-electron chi connectivity index (χ0n) is 7.29. The molecule has 13 heavy (non-hydrogen) atoms. The fourth-order valence-corrected chi connectivity index (χ4v) is 1.10. The van der Waals surface area contributed by atoms with Gasteiger partial charge in [-0.15, -0.1) is 0 Å². The highest BCUT2D eigenvalue weighted by Crippen LogP contribution is 1.97. The standard InChI is InChI=1S/C10H16N2.CH4/c11-7-9-12-8-6-10-4-2-1-3-5-10;/h1-5,12H,6-9,11H2;1H4. The molecule has 0 radical (unpaired) electrons.